The number of hydrogen-bond acceptors (Lipinski definition) is 2. The first-order valence-electron chi connectivity index (χ1n) is 5.32. The van der Waals surface area contributed by atoms with Crippen LogP contribution in [0.25, 0.3) is 0 Å². The van der Waals surface area contributed by atoms with E-state index in [0.717, 1.165) is 22.5 Å². The average molecular weight is 210 g/mol. The Morgan fingerprint density at radius 1 is 0.875 bits per heavy atom. The number of fused-ring (bicyclic) bond motifs is 1. The molecule has 2 aromatic rings. The highest BCUT2D eigenvalue weighted by Crippen LogP contribution is 2.35. The topological polar surface area (TPSA) is 18.5 Å². The molecule has 0 bridgehead atoms. The van der Waals surface area contributed by atoms with Gasteiger partial charge in [-0.1, -0.05) is 42.5 Å². The molecule has 0 saturated heterocycles. The molecule has 3 rings (SSSR count). The van der Waals surface area contributed by atoms with Crippen LogP contribution in [-0.2, 0) is 0 Å². The van der Waals surface area contributed by atoms with Crippen LogP contribution in [0.2, 0.25) is 0 Å². The highest BCUT2D eigenvalue weighted by Gasteiger charge is 2.34. The Balaban J connectivity index is 1.94. The molecule has 3 heteroatoms. The molecule has 0 fully saturated rings. The molecule has 0 unspecified atom stereocenters. The third-order valence-electron chi connectivity index (χ3n) is 2.71. The fourth-order valence-electron chi connectivity index (χ4n) is 1.86. The second-order valence-corrected chi connectivity index (χ2v) is 3.88. The summed E-state index contributed by atoms with van der Waals surface area (Å²) < 4.78 is 11.6. The Hall–Kier alpha value is -1.90. The van der Waals surface area contributed by atoms with Crippen LogP contribution >= 0.6 is 0 Å². The average Bonchev–Trinajstić information content (AvgIpc) is 2.76. The van der Waals surface area contributed by atoms with Crippen molar-refractivity contribution in [1.29, 1.82) is 0 Å². The molecule has 1 heterocycles. The van der Waals surface area contributed by atoms with Crippen LogP contribution in [0.4, 0.5) is 0 Å². The second-order valence-electron chi connectivity index (χ2n) is 3.88. The second kappa shape index (κ2) is 3.60. The maximum Gasteiger partial charge on any atom is 0.632 e. The minimum Gasteiger partial charge on any atom is -0.519 e. The lowest BCUT2D eigenvalue weighted by Gasteiger charge is -2.04. The van der Waals surface area contributed by atoms with Crippen molar-refractivity contribution in [3.05, 3.63) is 54.1 Å². The van der Waals surface area contributed by atoms with Gasteiger partial charge in [-0.25, -0.2) is 0 Å². The van der Waals surface area contributed by atoms with Crippen molar-refractivity contribution in [3.8, 4) is 11.5 Å². The van der Waals surface area contributed by atoms with Crippen molar-refractivity contribution in [2.75, 3.05) is 0 Å². The van der Waals surface area contributed by atoms with Crippen LogP contribution in [0.5, 0.6) is 11.5 Å². The van der Waals surface area contributed by atoms with E-state index in [4.69, 9.17) is 9.31 Å². The summed E-state index contributed by atoms with van der Waals surface area (Å²) in [7, 11) is -0.308. The summed E-state index contributed by atoms with van der Waals surface area (Å²) in [6, 6.07) is 15.9. The molecule has 0 atom stereocenters. The highest BCUT2D eigenvalue weighted by molar-refractivity contribution is 6.63. The summed E-state index contributed by atoms with van der Waals surface area (Å²) in [5, 5.41) is 0. The smallest absolute Gasteiger partial charge is 0.519 e. The molecule has 2 aromatic carbocycles. The molecule has 0 aliphatic carbocycles. The molecular weight excluding hydrogens is 199 g/mol. The quantitative estimate of drug-likeness (QED) is 0.671. The van der Waals surface area contributed by atoms with Gasteiger partial charge in [-0.15, -0.1) is 0 Å². The summed E-state index contributed by atoms with van der Waals surface area (Å²) in [6.45, 7) is 2.02. The van der Waals surface area contributed by atoms with E-state index in [-0.39, 0.29) is 7.12 Å². The van der Waals surface area contributed by atoms with Crippen LogP contribution in [0.15, 0.2) is 48.5 Å². The van der Waals surface area contributed by atoms with Crippen LogP contribution in [-0.4, -0.2) is 7.12 Å². The van der Waals surface area contributed by atoms with E-state index in [0.29, 0.717) is 0 Å². The number of para-hydroxylation sites is 1. The summed E-state index contributed by atoms with van der Waals surface area (Å²) in [5.41, 5.74) is 2.15. The molecule has 0 aromatic heterocycles. The predicted octanol–water partition coefficient (Wildman–Crippen LogP) is 2.16. The zero-order chi connectivity index (χ0) is 11.0. The maximum atomic E-state index is 5.80. The van der Waals surface area contributed by atoms with Crippen molar-refractivity contribution < 1.29 is 9.31 Å². The highest BCUT2D eigenvalue weighted by atomic mass is 16.6. The largest absolute Gasteiger partial charge is 0.632 e. The van der Waals surface area contributed by atoms with Crippen LogP contribution in [0.3, 0.4) is 0 Å². The summed E-state index contributed by atoms with van der Waals surface area (Å²) in [6.07, 6.45) is 0. The first kappa shape index (κ1) is 9.34. The minimum absolute atomic E-state index is 0.308. The fourth-order valence-corrected chi connectivity index (χ4v) is 1.86. The van der Waals surface area contributed by atoms with Crippen molar-refractivity contribution in [3.63, 3.8) is 0 Å². The van der Waals surface area contributed by atoms with E-state index >= 15 is 0 Å². The third-order valence-corrected chi connectivity index (χ3v) is 2.71. The van der Waals surface area contributed by atoms with Crippen molar-refractivity contribution in [2.24, 2.45) is 0 Å². The number of aryl methyl sites for hydroxylation is 1. The Labute approximate surface area is 95.0 Å². The zero-order valence-electron chi connectivity index (χ0n) is 9.01. The molecule has 0 radical (unpaired) electrons. The molecule has 0 N–H and O–H groups in total. The number of hydrogen-bond donors (Lipinski definition) is 0. The molecule has 1 aliphatic heterocycles. The first-order valence-corrected chi connectivity index (χ1v) is 5.32. The molecule has 1 aliphatic rings. The standard InChI is InChI=1S/C13H11BO2/c1-10-6-5-9-12-13(10)16-14(15-12)11-7-3-2-4-8-11/h2-9H,1H3. The summed E-state index contributed by atoms with van der Waals surface area (Å²) in [4.78, 5) is 0. The van der Waals surface area contributed by atoms with Gasteiger partial charge < -0.3 is 9.31 Å². The summed E-state index contributed by atoms with van der Waals surface area (Å²) in [5.74, 6) is 1.69. The van der Waals surface area contributed by atoms with Gasteiger partial charge in [0.15, 0.2) is 0 Å². The van der Waals surface area contributed by atoms with Gasteiger partial charge in [-0.2, -0.15) is 0 Å². The Morgan fingerprint density at radius 3 is 2.44 bits per heavy atom. The minimum atomic E-state index is -0.308. The van der Waals surface area contributed by atoms with Crippen molar-refractivity contribution in [1.82, 2.24) is 0 Å². The van der Waals surface area contributed by atoms with Crippen LogP contribution in [0, 0.1) is 6.92 Å². The van der Waals surface area contributed by atoms with Gasteiger partial charge in [0, 0.05) is 5.46 Å². The molecule has 0 amide bonds. The van der Waals surface area contributed by atoms with Crippen molar-refractivity contribution in [2.45, 2.75) is 6.92 Å². The molecular formula is C13H11BO2. The Morgan fingerprint density at radius 2 is 1.69 bits per heavy atom. The van der Waals surface area contributed by atoms with E-state index in [2.05, 4.69) is 0 Å². The summed E-state index contributed by atoms with van der Waals surface area (Å²) >= 11 is 0. The van der Waals surface area contributed by atoms with Crippen LogP contribution in [0.1, 0.15) is 5.56 Å². The van der Waals surface area contributed by atoms with Crippen molar-refractivity contribution >= 4 is 12.6 Å². The number of benzene rings is 2. The van der Waals surface area contributed by atoms with E-state index in [1.807, 2.05) is 55.5 Å². The SMILES string of the molecule is Cc1cccc2c1OB(c1ccccc1)O2. The van der Waals surface area contributed by atoms with E-state index in [1.54, 1.807) is 0 Å². The lowest BCUT2D eigenvalue weighted by atomic mass is 9.79. The molecule has 0 saturated carbocycles. The van der Waals surface area contributed by atoms with Gasteiger partial charge in [0.2, 0.25) is 0 Å². The Kier molecular flexibility index (Phi) is 2.10. The third kappa shape index (κ3) is 1.45. The molecule has 78 valence electrons. The lowest BCUT2D eigenvalue weighted by Crippen LogP contribution is -2.38. The monoisotopic (exact) mass is 210 g/mol. The zero-order valence-corrected chi connectivity index (χ0v) is 9.01. The van der Waals surface area contributed by atoms with Gasteiger partial charge >= 0.3 is 7.12 Å². The van der Waals surface area contributed by atoms with E-state index in [1.165, 1.54) is 0 Å². The normalized spacial score (nSPS) is 12.9. The van der Waals surface area contributed by atoms with E-state index in [9.17, 15) is 0 Å². The van der Waals surface area contributed by atoms with Gasteiger partial charge in [-0.3, -0.25) is 0 Å². The van der Waals surface area contributed by atoms with Gasteiger partial charge in [-0.05, 0) is 18.6 Å². The Bertz CT molecular complexity index is 511. The van der Waals surface area contributed by atoms with Gasteiger partial charge in [0.25, 0.3) is 0 Å². The van der Waals surface area contributed by atoms with E-state index < -0.39 is 0 Å². The fraction of sp³-hybridized carbons (Fsp3) is 0.0769. The molecule has 16 heavy (non-hydrogen) atoms. The molecule has 0 spiro atoms. The predicted molar refractivity (Wildman–Crippen MR) is 64.3 cm³/mol. The number of rotatable bonds is 1. The van der Waals surface area contributed by atoms with Gasteiger partial charge in [0.1, 0.15) is 11.5 Å². The molecule has 2 nitrogen and oxygen atoms in total. The van der Waals surface area contributed by atoms with Gasteiger partial charge in [0.05, 0.1) is 0 Å². The lowest BCUT2D eigenvalue weighted by molar-refractivity contribution is 0.517. The maximum absolute atomic E-state index is 5.80. The van der Waals surface area contributed by atoms with Crippen LogP contribution < -0.4 is 14.8 Å². The first-order chi connectivity index (χ1) is 7.84.